The van der Waals surface area contributed by atoms with Crippen LogP contribution in [-0.2, 0) is 12.6 Å². The Balaban J connectivity index is 0.00000208. The SMILES string of the molecule is Cl.Fc1ccc(N2CCC(Cc3cc(C(F)(F)F)n[nH]3)CC2)cc1. The number of H-pyrrole nitrogens is 1. The molecule has 0 aliphatic carbocycles. The van der Waals surface area contributed by atoms with E-state index in [1.807, 2.05) is 0 Å². The summed E-state index contributed by atoms with van der Waals surface area (Å²) in [7, 11) is 0. The molecule has 24 heavy (non-hydrogen) atoms. The fourth-order valence-corrected chi connectivity index (χ4v) is 2.97. The molecule has 1 aromatic carbocycles. The molecule has 1 N–H and O–H groups in total. The summed E-state index contributed by atoms with van der Waals surface area (Å²) in [6.45, 7) is 1.63. The highest BCUT2D eigenvalue weighted by molar-refractivity contribution is 5.85. The molecule has 0 bridgehead atoms. The summed E-state index contributed by atoms with van der Waals surface area (Å²) in [4.78, 5) is 2.17. The average molecular weight is 364 g/mol. The molecule has 1 aliphatic rings. The first kappa shape index (κ1) is 18.6. The molecule has 0 amide bonds. The van der Waals surface area contributed by atoms with Gasteiger partial charge in [0.05, 0.1) is 0 Å². The van der Waals surface area contributed by atoms with Crippen molar-refractivity contribution in [2.45, 2.75) is 25.4 Å². The van der Waals surface area contributed by atoms with Crippen molar-refractivity contribution >= 4 is 18.1 Å². The summed E-state index contributed by atoms with van der Waals surface area (Å²) in [5, 5.41) is 5.81. The maximum Gasteiger partial charge on any atom is 0.435 e. The number of hydrogen-bond donors (Lipinski definition) is 1. The van der Waals surface area contributed by atoms with Crippen molar-refractivity contribution in [3.05, 3.63) is 47.5 Å². The second-order valence-corrected chi connectivity index (χ2v) is 5.89. The number of halogens is 5. The van der Waals surface area contributed by atoms with Crippen molar-refractivity contribution in [2.75, 3.05) is 18.0 Å². The van der Waals surface area contributed by atoms with Gasteiger partial charge in [0.25, 0.3) is 0 Å². The molecule has 1 aromatic heterocycles. The molecule has 0 radical (unpaired) electrons. The van der Waals surface area contributed by atoms with Gasteiger partial charge in [-0.15, -0.1) is 12.4 Å². The lowest BCUT2D eigenvalue weighted by Crippen LogP contribution is -2.34. The van der Waals surface area contributed by atoms with Crippen LogP contribution in [0.5, 0.6) is 0 Å². The van der Waals surface area contributed by atoms with Crippen LogP contribution in [0.1, 0.15) is 24.2 Å². The lowest BCUT2D eigenvalue weighted by atomic mass is 9.92. The maximum absolute atomic E-state index is 12.9. The first-order valence-electron chi connectivity index (χ1n) is 7.54. The summed E-state index contributed by atoms with van der Waals surface area (Å²) < 4.78 is 50.5. The second-order valence-electron chi connectivity index (χ2n) is 5.89. The van der Waals surface area contributed by atoms with Gasteiger partial charge in [-0.05, 0) is 55.5 Å². The van der Waals surface area contributed by atoms with E-state index in [0.29, 0.717) is 18.0 Å². The first-order valence-corrected chi connectivity index (χ1v) is 7.54. The van der Waals surface area contributed by atoms with E-state index in [1.54, 1.807) is 12.1 Å². The van der Waals surface area contributed by atoms with Crippen LogP contribution in [0.15, 0.2) is 30.3 Å². The van der Waals surface area contributed by atoms with Crippen LogP contribution in [0, 0.1) is 11.7 Å². The highest BCUT2D eigenvalue weighted by Gasteiger charge is 2.34. The highest BCUT2D eigenvalue weighted by Crippen LogP contribution is 2.30. The van der Waals surface area contributed by atoms with Crippen LogP contribution >= 0.6 is 12.4 Å². The van der Waals surface area contributed by atoms with Gasteiger partial charge >= 0.3 is 6.18 Å². The Morgan fingerprint density at radius 2 is 1.75 bits per heavy atom. The van der Waals surface area contributed by atoms with Crippen LogP contribution in [-0.4, -0.2) is 23.3 Å². The lowest BCUT2D eigenvalue weighted by molar-refractivity contribution is -0.141. The molecule has 2 aromatic rings. The van der Waals surface area contributed by atoms with Gasteiger partial charge in [-0.25, -0.2) is 4.39 Å². The van der Waals surface area contributed by atoms with Crippen LogP contribution in [0.3, 0.4) is 0 Å². The van der Waals surface area contributed by atoms with Crippen molar-refractivity contribution in [2.24, 2.45) is 5.92 Å². The lowest BCUT2D eigenvalue weighted by Gasteiger charge is -2.33. The highest BCUT2D eigenvalue weighted by atomic mass is 35.5. The molecular formula is C16H18ClF4N3. The number of piperidine rings is 1. The zero-order valence-electron chi connectivity index (χ0n) is 12.8. The fraction of sp³-hybridized carbons (Fsp3) is 0.438. The van der Waals surface area contributed by atoms with Crippen LogP contribution in [0.25, 0.3) is 0 Å². The molecule has 3 rings (SSSR count). The van der Waals surface area contributed by atoms with E-state index >= 15 is 0 Å². The Labute approximate surface area is 143 Å². The molecule has 0 spiro atoms. The van der Waals surface area contributed by atoms with Gasteiger partial charge in [-0.2, -0.15) is 18.3 Å². The molecular weight excluding hydrogens is 346 g/mol. The van der Waals surface area contributed by atoms with E-state index < -0.39 is 11.9 Å². The van der Waals surface area contributed by atoms with Crippen molar-refractivity contribution in [3.8, 4) is 0 Å². The second kappa shape index (κ2) is 7.42. The molecule has 1 saturated heterocycles. The van der Waals surface area contributed by atoms with Crippen molar-refractivity contribution in [1.82, 2.24) is 10.2 Å². The fourth-order valence-electron chi connectivity index (χ4n) is 2.97. The van der Waals surface area contributed by atoms with E-state index in [9.17, 15) is 17.6 Å². The Bertz CT molecular complexity index is 646. The van der Waals surface area contributed by atoms with Gasteiger partial charge in [0.2, 0.25) is 0 Å². The number of hydrogen-bond acceptors (Lipinski definition) is 2. The van der Waals surface area contributed by atoms with Gasteiger partial charge in [0, 0.05) is 24.5 Å². The van der Waals surface area contributed by atoms with Gasteiger partial charge in [0.15, 0.2) is 5.69 Å². The largest absolute Gasteiger partial charge is 0.435 e. The smallest absolute Gasteiger partial charge is 0.372 e. The molecule has 8 heteroatoms. The quantitative estimate of drug-likeness (QED) is 0.817. The zero-order chi connectivity index (χ0) is 16.4. The van der Waals surface area contributed by atoms with E-state index in [2.05, 4.69) is 15.1 Å². The van der Waals surface area contributed by atoms with Crippen molar-refractivity contribution in [3.63, 3.8) is 0 Å². The molecule has 0 saturated carbocycles. The molecule has 1 aliphatic heterocycles. The van der Waals surface area contributed by atoms with Crippen LogP contribution in [0.2, 0.25) is 0 Å². The number of nitrogens with zero attached hydrogens (tertiary/aromatic N) is 2. The van der Waals surface area contributed by atoms with Crippen molar-refractivity contribution < 1.29 is 17.6 Å². The third-order valence-electron chi connectivity index (χ3n) is 4.24. The van der Waals surface area contributed by atoms with Crippen molar-refractivity contribution in [1.29, 1.82) is 0 Å². The third-order valence-corrected chi connectivity index (χ3v) is 4.24. The van der Waals surface area contributed by atoms with E-state index in [1.165, 1.54) is 12.1 Å². The van der Waals surface area contributed by atoms with Gasteiger partial charge in [-0.3, -0.25) is 5.10 Å². The number of aromatic nitrogens is 2. The number of aromatic amines is 1. The molecule has 1 fully saturated rings. The summed E-state index contributed by atoms with van der Waals surface area (Å²) in [6.07, 6.45) is -2.06. The number of benzene rings is 1. The normalized spacial score (nSPS) is 16.1. The van der Waals surface area contributed by atoms with Gasteiger partial charge in [0.1, 0.15) is 5.82 Å². The number of alkyl halides is 3. The van der Waals surface area contributed by atoms with Crippen LogP contribution in [0.4, 0.5) is 23.2 Å². The Kier molecular flexibility index (Phi) is 5.74. The van der Waals surface area contributed by atoms with Gasteiger partial charge < -0.3 is 4.90 Å². The molecule has 0 atom stereocenters. The van der Waals surface area contributed by atoms with E-state index in [-0.39, 0.29) is 18.2 Å². The van der Waals surface area contributed by atoms with E-state index in [4.69, 9.17) is 0 Å². The minimum absolute atomic E-state index is 0. The average Bonchev–Trinajstić information content (AvgIpc) is 2.98. The summed E-state index contributed by atoms with van der Waals surface area (Å²) in [6, 6.07) is 7.46. The molecule has 0 unspecified atom stereocenters. The van der Waals surface area contributed by atoms with Gasteiger partial charge in [-0.1, -0.05) is 0 Å². The summed E-state index contributed by atoms with van der Waals surface area (Å²) in [5.74, 6) is 0.0663. The third kappa shape index (κ3) is 4.41. The molecule has 3 nitrogen and oxygen atoms in total. The topological polar surface area (TPSA) is 31.9 Å². The summed E-state index contributed by atoms with van der Waals surface area (Å²) in [5.41, 5.74) is 0.638. The first-order chi connectivity index (χ1) is 10.9. The standard InChI is InChI=1S/C16H17F4N3.ClH/c17-12-1-3-14(4-2-12)23-7-5-11(6-8-23)9-13-10-15(22-21-13)16(18,19)20;/h1-4,10-11H,5-9H2,(H,21,22);1H. The number of anilines is 1. The predicted octanol–water partition coefficient (Wildman–Crippen LogP) is 4.45. The number of rotatable bonds is 3. The Morgan fingerprint density at radius 3 is 2.29 bits per heavy atom. The minimum Gasteiger partial charge on any atom is -0.372 e. The zero-order valence-corrected chi connectivity index (χ0v) is 13.6. The molecule has 2 heterocycles. The maximum atomic E-state index is 12.9. The van der Waals surface area contributed by atoms with Crippen LogP contribution < -0.4 is 4.90 Å². The Morgan fingerprint density at radius 1 is 1.12 bits per heavy atom. The van der Waals surface area contributed by atoms with E-state index in [0.717, 1.165) is 37.7 Å². The predicted molar refractivity (Wildman–Crippen MR) is 85.9 cm³/mol. The summed E-state index contributed by atoms with van der Waals surface area (Å²) >= 11 is 0. The Hall–Kier alpha value is -1.76. The number of nitrogens with one attached hydrogen (secondary N) is 1. The molecule has 132 valence electrons. The monoisotopic (exact) mass is 363 g/mol. The minimum atomic E-state index is -4.40.